The maximum absolute atomic E-state index is 11.5. The molecule has 0 aromatic rings. The first-order valence-electron chi connectivity index (χ1n) is 6.87. The van der Waals surface area contributed by atoms with Crippen LogP contribution in [0.1, 0.15) is 39.0 Å². The fourth-order valence-electron chi connectivity index (χ4n) is 3.37. The maximum atomic E-state index is 11.5. The van der Waals surface area contributed by atoms with Crippen LogP contribution >= 0.6 is 0 Å². The number of carbonyl (C=O) groups is 1. The Hall–Kier alpha value is -0.450. The van der Waals surface area contributed by atoms with Crippen molar-refractivity contribution in [3.63, 3.8) is 0 Å². The Bertz CT molecular complexity index is 292. The van der Waals surface area contributed by atoms with Gasteiger partial charge in [0.1, 0.15) is 12.6 Å². The lowest BCUT2D eigenvalue weighted by atomic mass is 9.68. The lowest BCUT2D eigenvalue weighted by Gasteiger charge is -2.39. The molecule has 0 aromatic heterocycles. The number of ether oxygens (including phenoxy) is 3. The number of fused-ring (bicyclic) bond motifs is 1. The predicted octanol–water partition coefficient (Wildman–Crippen LogP) is 2.16. The highest BCUT2D eigenvalue weighted by Gasteiger charge is 2.49. The summed E-state index contributed by atoms with van der Waals surface area (Å²) in [7, 11) is 1.66. The maximum Gasteiger partial charge on any atom is 0.147 e. The second-order valence-electron chi connectivity index (χ2n) is 5.70. The standard InChI is InChI=1S/C14H24O4/c1-14-6-5-12(15)9-11(14)3-4-13(14)18-10-17-8-7-16-2/h11,13H,3-10H2,1-2H3. The average Bonchev–Trinajstić information content (AvgIpc) is 2.67. The summed E-state index contributed by atoms with van der Waals surface area (Å²) in [5.41, 5.74) is 0.179. The minimum atomic E-state index is 0.179. The van der Waals surface area contributed by atoms with Crippen LogP contribution in [-0.2, 0) is 19.0 Å². The molecule has 2 aliphatic carbocycles. The summed E-state index contributed by atoms with van der Waals surface area (Å²) in [5.74, 6) is 0.942. The summed E-state index contributed by atoms with van der Waals surface area (Å²) in [4.78, 5) is 11.5. The first kappa shape index (κ1) is 14.0. The number of methoxy groups -OCH3 is 1. The van der Waals surface area contributed by atoms with Gasteiger partial charge in [-0.15, -0.1) is 0 Å². The minimum absolute atomic E-state index is 0.179. The van der Waals surface area contributed by atoms with Crippen LogP contribution in [-0.4, -0.2) is 39.0 Å². The Morgan fingerprint density at radius 2 is 2.17 bits per heavy atom. The van der Waals surface area contributed by atoms with E-state index in [9.17, 15) is 4.79 Å². The van der Waals surface area contributed by atoms with E-state index in [1.165, 1.54) is 0 Å². The Kier molecular flexibility index (Phi) is 4.76. The highest BCUT2D eigenvalue weighted by Crippen LogP contribution is 2.52. The van der Waals surface area contributed by atoms with Crippen LogP contribution in [0.15, 0.2) is 0 Å². The topological polar surface area (TPSA) is 44.8 Å². The van der Waals surface area contributed by atoms with Crippen LogP contribution in [0.3, 0.4) is 0 Å². The zero-order valence-electron chi connectivity index (χ0n) is 11.4. The predicted molar refractivity (Wildman–Crippen MR) is 67.3 cm³/mol. The van der Waals surface area contributed by atoms with E-state index in [1.54, 1.807) is 7.11 Å². The van der Waals surface area contributed by atoms with Crippen molar-refractivity contribution in [2.75, 3.05) is 27.1 Å². The smallest absolute Gasteiger partial charge is 0.147 e. The Labute approximate surface area is 109 Å². The van der Waals surface area contributed by atoms with Gasteiger partial charge in [0.15, 0.2) is 0 Å². The molecular weight excluding hydrogens is 232 g/mol. The molecule has 0 spiro atoms. The molecule has 104 valence electrons. The van der Waals surface area contributed by atoms with Gasteiger partial charge in [0.2, 0.25) is 0 Å². The van der Waals surface area contributed by atoms with Gasteiger partial charge in [-0.25, -0.2) is 0 Å². The van der Waals surface area contributed by atoms with Crippen LogP contribution in [0.25, 0.3) is 0 Å². The molecule has 2 saturated carbocycles. The molecule has 18 heavy (non-hydrogen) atoms. The number of carbonyl (C=O) groups excluding carboxylic acids is 1. The summed E-state index contributed by atoms with van der Waals surface area (Å²) in [6, 6.07) is 0. The van der Waals surface area contributed by atoms with Crippen molar-refractivity contribution < 1.29 is 19.0 Å². The summed E-state index contributed by atoms with van der Waals surface area (Å²) in [6.45, 7) is 3.78. The lowest BCUT2D eigenvalue weighted by molar-refractivity contribution is -0.141. The summed E-state index contributed by atoms with van der Waals surface area (Å²) >= 11 is 0. The van der Waals surface area contributed by atoms with Crippen LogP contribution in [0, 0.1) is 11.3 Å². The molecule has 2 fully saturated rings. The van der Waals surface area contributed by atoms with Crippen molar-refractivity contribution in [2.45, 2.75) is 45.1 Å². The second-order valence-corrected chi connectivity index (χ2v) is 5.70. The van der Waals surface area contributed by atoms with E-state index < -0.39 is 0 Å². The van der Waals surface area contributed by atoms with Crippen molar-refractivity contribution in [3.05, 3.63) is 0 Å². The van der Waals surface area contributed by atoms with Crippen LogP contribution in [0.4, 0.5) is 0 Å². The van der Waals surface area contributed by atoms with Gasteiger partial charge in [-0.05, 0) is 30.6 Å². The van der Waals surface area contributed by atoms with Crippen molar-refractivity contribution in [1.29, 1.82) is 0 Å². The first-order chi connectivity index (χ1) is 8.66. The van der Waals surface area contributed by atoms with Gasteiger partial charge in [0, 0.05) is 20.0 Å². The number of hydrogen-bond acceptors (Lipinski definition) is 4. The molecule has 0 aliphatic heterocycles. The Morgan fingerprint density at radius 3 is 2.94 bits per heavy atom. The van der Waals surface area contributed by atoms with Crippen molar-refractivity contribution in [1.82, 2.24) is 0 Å². The third-order valence-corrected chi connectivity index (χ3v) is 4.65. The summed E-state index contributed by atoms with van der Waals surface area (Å²) in [5, 5.41) is 0. The second kappa shape index (κ2) is 6.13. The number of rotatable bonds is 6. The van der Waals surface area contributed by atoms with E-state index in [0.29, 0.717) is 31.7 Å². The minimum Gasteiger partial charge on any atom is -0.382 e. The van der Waals surface area contributed by atoms with Crippen LogP contribution in [0.5, 0.6) is 0 Å². The molecular formula is C14H24O4. The molecule has 4 nitrogen and oxygen atoms in total. The number of ketones is 1. The fraction of sp³-hybridized carbons (Fsp3) is 0.929. The highest BCUT2D eigenvalue weighted by molar-refractivity contribution is 5.79. The number of Topliss-reactive ketones (excluding diaryl/α,β-unsaturated/α-hetero) is 1. The third-order valence-electron chi connectivity index (χ3n) is 4.65. The SMILES string of the molecule is COCCOCOC1CCC2CC(=O)CCC21C. The van der Waals surface area contributed by atoms with Crippen molar-refractivity contribution in [2.24, 2.45) is 11.3 Å². The molecule has 3 unspecified atom stereocenters. The van der Waals surface area contributed by atoms with E-state index >= 15 is 0 Å². The largest absolute Gasteiger partial charge is 0.382 e. The van der Waals surface area contributed by atoms with E-state index in [4.69, 9.17) is 14.2 Å². The van der Waals surface area contributed by atoms with E-state index in [0.717, 1.165) is 32.1 Å². The molecule has 0 amide bonds. The van der Waals surface area contributed by atoms with Gasteiger partial charge in [-0.2, -0.15) is 0 Å². The zero-order chi connectivity index (χ0) is 13.0. The normalized spacial score (nSPS) is 35.8. The molecule has 0 saturated heterocycles. The van der Waals surface area contributed by atoms with Gasteiger partial charge in [-0.3, -0.25) is 4.79 Å². The molecule has 0 heterocycles. The summed E-state index contributed by atoms with van der Waals surface area (Å²) < 4.78 is 16.1. The average molecular weight is 256 g/mol. The molecule has 0 N–H and O–H groups in total. The molecule has 0 bridgehead atoms. The Morgan fingerprint density at radius 1 is 1.33 bits per heavy atom. The molecule has 0 aromatic carbocycles. The van der Waals surface area contributed by atoms with E-state index in [1.807, 2.05) is 0 Å². The quantitative estimate of drug-likeness (QED) is 0.539. The summed E-state index contributed by atoms with van der Waals surface area (Å²) in [6.07, 6.45) is 4.86. The van der Waals surface area contributed by atoms with Gasteiger partial charge in [-0.1, -0.05) is 6.92 Å². The molecule has 2 aliphatic rings. The van der Waals surface area contributed by atoms with Crippen LogP contribution in [0.2, 0.25) is 0 Å². The van der Waals surface area contributed by atoms with E-state index in [2.05, 4.69) is 6.92 Å². The molecule has 2 rings (SSSR count). The Balaban J connectivity index is 1.78. The first-order valence-corrected chi connectivity index (χ1v) is 6.87. The third kappa shape index (κ3) is 2.92. The molecule has 3 atom stereocenters. The highest BCUT2D eigenvalue weighted by atomic mass is 16.7. The van der Waals surface area contributed by atoms with Crippen molar-refractivity contribution >= 4 is 5.78 Å². The molecule has 0 radical (unpaired) electrons. The molecule has 4 heteroatoms. The van der Waals surface area contributed by atoms with Crippen molar-refractivity contribution in [3.8, 4) is 0 Å². The van der Waals surface area contributed by atoms with Gasteiger partial charge in [0.25, 0.3) is 0 Å². The number of hydrogen-bond donors (Lipinski definition) is 0. The van der Waals surface area contributed by atoms with Gasteiger partial charge < -0.3 is 14.2 Å². The fourth-order valence-corrected chi connectivity index (χ4v) is 3.37. The van der Waals surface area contributed by atoms with Gasteiger partial charge in [0.05, 0.1) is 19.3 Å². The van der Waals surface area contributed by atoms with Gasteiger partial charge >= 0.3 is 0 Å². The monoisotopic (exact) mass is 256 g/mol. The zero-order valence-corrected chi connectivity index (χ0v) is 11.4. The van der Waals surface area contributed by atoms with E-state index in [-0.39, 0.29) is 11.5 Å². The lowest BCUT2D eigenvalue weighted by Crippen LogP contribution is -2.39. The van der Waals surface area contributed by atoms with Crippen LogP contribution < -0.4 is 0 Å².